The summed E-state index contributed by atoms with van der Waals surface area (Å²) in [4.78, 5) is 16.4. The molecule has 124 valence electrons. The minimum absolute atomic E-state index is 0.147. The third-order valence-corrected chi connectivity index (χ3v) is 4.45. The molecule has 1 aromatic carbocycles. The molecule has 2 N–H and O–H groups in total. The van der Waals surface area contributed by atoms with E-state index in [1.54, 1.807) is 12.5 Å². The Morgan fingerprint density at radius 2 is 2.12 bits per heavy atom. The summed E-state index contributed by atoms with van der Waals surface area (Å²) in [5.41, 5.74) is 2.67. The molecule has 0 spiro atoms. The van der Waals surface area contributed by atoms with Gasteiger partial charge in [0, 0.05) is 23.9 Å². The molecule has 0 saturated carbocycles. The van der Waals surface area contributed by atoms with Crippen molar-refractivity contribution in [3.63, 3.8) is 0 Å². The Labute approximate surface area is 144 Å². The predicted molar refractivity (Wildman–Crippen MR) is 92.7 cm³/mol. The molecule has 0 aliphatic heterocycles. The number of aliphatic hydroxyl groups excluding tert-OH is 1. The standard InChI is InChI=1S/C18H18N2O3S/c21-16(8-13-4-2-1-3-5-13)10-19-17(22)9-15-12-24-18(20-15)14-6-7-23-11-14/h1-7,11-12,16,21H,8-10H2,(H,19,22)/t16-/m1/s1. The first-order chi connectivity index (χ1) is 11.7. The maximum atomic E-state index is 12.0. The zero-order valence-corrected chi connectivity index (χ0v) is 13.8. The molecule has 2 aromatic heterocycles. The van der Waals surface area contributed by atoms with Crippen LogP contribution in [0.4, 0.5) is 0 Å². The molecule has 5 nitrogen and oxygen atoms in total. The summed E-state index contributed by atoms with van der Waals surface area (Å²) < 4.78 is 5.03. The zero-order chi connectivity index (χ0) is 16.8. The highest BCUT2D eigenvalue weighted by molar-refractivity contribution is 7.13. The largest absolute Gasteiger partial charge is 0.472 e. The van der Waals surface area contributed by atoms with Crippen molar-refractivity contribution < 1.29 is 14.3 Å². The van der Waals surface area contributed by atoms with Gasteiger partial charge in [-0.05, 0) is 11.6 Å². The van der Waals surface area contributed by atoms with Crippen LogP contribution in [0.1, 0.15) is 11.3 Å². The zero-order valence-electron chi connectivity index (χ0n) is 13.0. The van der Waals surface area contributed by atoms with Gasteiger partial charge in [0.05, 0.1) is 24.5 Å². The van der Waals surface area contributed by atoms with Gasteiger partial charge in [-0.2, -0.15) is 0 Å². The number of hydrogen-bond acceptors (Lipinski definition) is 5. The highest BCUT2D eigenvalue weighted by Gasteiger charge is 2.11. The number of amides is 1. The molecule has 0 bridgehead atoms. The summed E-state index contributed by atoms with van der Waals surface area (Å²) in [5, 5.41) is 15.5. The van der Waals surface area contributed by atoms with Gasteiger partial charge in [0.25, 0.3) is 0 Å². The fourth-order valence-corrected chi connectivity index (χ4v) is 3.13. The van der Waals surface area contributed by atoms with Gasteiger partial charge in [-0.15, -0.1) is 11.3 Å². The van der Waals surface area contributed by atoms with E-state index in [0.29, 0.717) is 12.1 Å². The van der Waals surface area contributed by atoms with Crippen LogP contribution >= 0.6 is 11.3 Å². The molecule has 0 unspecified atom stereocenters. The van der Waals surface area contributed by atoms with Gasteiger partial charge < -0.3 is 14.8 Å². The first-order valence-corrected chi connectivity index (χ1v) is 8.54. The Morgan fingerprint density at radius 3 is 2.88 bits per heavy atom. The van der Waals surface area contributed by atoms with Gasteiger partial charge in [-0.1, -0.05) is 30.3 Å². The summed E-state index contributed by atoms with van der Waals surface area (Å²) >= 11 is 1.47. The normalized spacial score (nSPS) is 12.0. The summed E-state index contributed by atoms with van der Waals surface area (Å²) in [6.07, 6.45) is 3.34. The van der Waals surface area contributed by atoms with Crippen molar-refractivity contribution in [1.29, 1.82) is 0 Å². The average Bonchev–Trinajstić information content (AvgIpc) is 3.25. The van der Waals surface area contributed by atoms with E-state index in [2.05, 4.69) is 10.3 Å². The van der Waals surface area contributed by atoms with Crippen molar-refractivity contribution in [2.24, 2.45) is 0 Å². The molecule has 24 heavy (non-hydrogen) atoms. The van der Waals surface area contributed by atoms with Crippen LogP contribution in [0.15, 0.2) is 58.7 Å². The van der Waals surface area contributed by atoms with Gasteiger partial charge in [-0.3, -0.25) is 4.79 Å². The topological polar surface area (TPSA) is 75.4 Å². The number of aliphatic hydroxyl groups is 1. The number of rotatable bonds is 7. The highest BCUT2D eigenvalue weighted by Crippen LogP contribution is 2.24. The van der Waals surface area contributed by atoms with E-state index in [1.807, 2.05) is 41.8 Å². The lowest BCUT2D eigenvalue weighted by Crippen LogP contribution is -2.34. The number of nitrogens with one attached hydrogen (secondary N) is 1. The lowest BCUT2D eigenvalue weighted by atomic mass is 10.1. The summed E-state index contributed by atoms with van der Waals surface area (Å²) in [6, 6.07) is 11.5. The van der Waals surface area contributed by atoms with E-state index in [-0.39, 0.29) is 18.9 Å². The summed E-state index contributed by atoms with van der Waals surface area (Å²) in [6.45, 7) is 0.229. The molecular formula is C18H18N2O3S. The second-order valence-electron chi connectivity index (χ2n) is 5.48. The van der Waals surface area contributed by atoms with Crippen molar-refractivity contribution in [2.75, 3.05) is 6.54 Å². The average molecular weight is 342 g/mol. The molecule has 3 aromatic rings. The SMILES string of the molecule is O=C(Cc1csc(-c2ccoc2)n1)NC[C@H](O)Cc1ccccc1. The Bertz CT molecular complexity index is 769. The Kier molecular flexibility index (Phi) is 5.40. The van der Waals surface area contributed by atoms with Crippen LogP contribution in [0, 0.1) is 0 Å². The van der Waals surface area contributed by atoms with E-state index in [1.165, 1.54) is 11.3 Å². The maximum Gasteiger partial charge on any atom is 0.226 e. The van der Waals surface area contributed by atoms with Crippen LogP contribution < -0.4 is 5.32 Å². The molecule has 0 radical (unpaired) electrons. The van der Waals surface area contributed by atoms with Gasteiger partial charge in [0.15, 0.2) is 0 Å². The molecule has 3 rings (SSSR count). The first kappa shape index (κ1) is 16.4. The molecule has 1 amide bonds. The second kappa shape index (κ2) is 7.90. The van der Waals surface area contributed by atoms with Crippen molar-refractivity contribution in [2.45, 2.75) is 18.9 Å². The number of benzene rings is 1. The lowest BCUT2D eigenvalue weighted by molar-refractivity contribution is -0.120. The quantitative estimate of drug-likeness (QED) is 0.692. The lowest BCUT2D eigenvalue weighted by Gasteiger charge is -2.11. The number of carbonyl (C=O) groups is 1. The fraction of sp³-hybridized carbons (Fsp3) is 0.222. The van der Waals surface area contributed by atoms with Gasteiger partial charge in [0.2, 0.25) is 5.91 Å². The number of nitrogens with zero attached hydrogens (tertiary/aromatic N) is 1. The number of hydrogen-bond donors (Lipinski definition) is 2. The molecule has 2 heterocycles. The van der Waals surface area contributed by atoms with Gasteiger partial charge >= 0.3 is 0 Å². The summed E-state index contributed by atoms with van der Waals surface area (Å²) in [7, 11) is 0. The third kappa shape index (κ3) is 4.53. The molecule has 0 saturated heterocycles. The monoisotopic (exact) mass is 342 g/mol. The van der Waals surface area contributed by atoms with Crippen molar-refractivity contribution in [1.82, 2.24) is 10.3 Å². The van der Waals surface area contributed by atoms with E-state index in [4.69, 9.17) is 4.42 Å². The molecular weight excluding hydrogens is 324 g/mol. The minimum atomic E-state index is -0.603. The van der Waals surface area contributed by atoms with Crippen molar-refractivity contribution >= 4 is 17.2 Å². The van der Waals surface area contributed by atoms with E-state index >= 15 is 0 Å². The third-order valence-electron chi connectivity index (χ3n) is 3.51. The smallest absolute Gasteiger partial charge is 0.226 e. The second-order valence-corrected chi connectivity index (χ2v) is 6.34. The Morgan fingerprint density at radius 1 is 1.29 bits per heavy atom. The van der Waals surface area contributed by atoms with Crippen LogP contribution in [-0.4, -0.2) is 28.6 Å². The van der Waals surface area contributed by atoms with Crippen molar-refractivity contribution in [3.05, 3.63) is 65.6 Å². The Hall–Kier alpha value is -2.44. The van der Waals surface area contributed by atoms with E-state index in [9.17, 15) is 9.90 Å². The molecule has 6 heteroatoms. The highest BCUT2D eigenvalue weighted by atomic mass is 32.1. The van der Waals surface area contributed by atoms with Crippen LogP contribution in [-0.2, 0) is 17.6 Å². The molecule has 1 atom stereocenters. The predicted octanol–water partition coefficient (Wildman–Crippen LogP) is 2.67. The summed E-state index contributed by atoms with van der Waals surface area (Å²) in [5.74, 6) is -0.147. The maximum absolute atomic E-state index is 12.0. The number of thiazole rings is 1. The minimum Gasteiger partial charge on any atom is -0.472 e. The Balaban J connectivity index is 1.46. The van der Waals surface area contributed by atoms with Crippen LogP contribution in [0.25, 0.3) is 10.6 Å². The van der Waals surface area contributed by atoms with E-state index < -0.39 is 6.10 Å². The first-order valence-electron chi connectivity index (χ1n) is 7.66. The number of aromatic nitrogens is 1. The molecule has 0 aliphatic carbocycles. The van der Waals surface area contributed by atoms with Crippen LogP contribution in [0.3, 0.4) is 0 Å². The van der Waals surface area contributed by atoms with Crippen LogP contribution in [0.2, 0.25) is 0 Å². The fourth-order valence-electron chi connectivity index (χ4n) is 2.32. The molecule has 0 aliphatic rings. The van der Waals surface area contributed by atoms with E-state index in [0.717, 1.165) is 16.1 Å². The van der Waals surface area contributed by atoms with Gasteiger partial charge in [0.1, 0.15) is 11.3 Å². The van der Waals surface area contributed by atoms with Crippen LogP contribution in [0.5, 0.6) is 0 Å². The number of furan rings is 1. The number of carbonyl (C=O) groups excluding carboxylic acids is 1. The van der Waals surface area contributed by atoms with Crippen molar-refractivity contribution in [3.8, 4) is 10.6 Å². The van der Waals surface area contributed by atoms with Gasteiger partial charge in [-0.25, -0.2) is 4.98 Å². The molecule has 0 fully saturated rings.